The quantitative estimate of drug-likeness (QED) is 0.489. The number of nitrogens with zero attached hydrogens (tertiary/aromatic N) is 1. The van der Waals surface area contributed by atoms with Gasteiger partial charge in [0.25, 0.3) is 15.9 Å². The average molecular weight is 425 g/mol. The van der Waals surface area contributed by atoms with Gasteiger partial charge in [-0.05, 0) is 47.2 Å². The lowest BCUT2D eigenvalue weighted by atomic mass is 10.2. The van der Waals surface area contributed by atoms with Gasteiger partial charge in [0.2, 0.25) is 0 Å². The fourth-order valence-electron chi connectivity index (χ4n) is 2.02. The van der Waals surface area contributed by atoms with Crippen molar-refractivity contribution >= 4 is 38.5 Å². The second-order valence-corrected chi connectivity index (χ2v) is 7.56. The number of halogens is 1. The molecule has 0 aliphatic carbocycles. The summed E-state index contributed by atoms with van der Waals surface area (Å²) in [6.07, 6.45) is 0.458. The van der Waals surface area contributed by atoms with Gasteiger partial charge in [-0.15, -0.1) is 0 Å². The van der Waals surface area contributed by atoms with Crippen molar-refractivity contribution in [3.8, 4) is 0 Å². The second-order valence-electron chi connectivity index (χ2n) is 4.48. The van der Waals surface area contributed by atoms with Crippen LogP contribution in [0.25, 0.3) is 0 Å². The molecule has 0 fully saturated rings. The maximum atomic E-state index is 12.4. The Balaban J connectivity index is 2.01. The fourth-order valence-corrected chi connectivity index (χ4v) is 4.36. The number of carbonyl (C=O) groups is 1. The van der Waals surface area contributed by atoms with Crippen LogP contribution in [0.5, 0.6) is 0 Å². The summed E-state index contributed by atoms with van der Waals surface area (Å²) >= 11 is 2.03. The first-order valence-corrected chi connectivity index (χ1v) is 8.93. The average Bonchev–Trinajstić information content (AvgIpc) is 2.62. The molecule has 0 unspecified atom stereocenters. The van der Waals surface area contributed by atoms with Gasteiger partial charge in [-0.3, -0.25) is 4.79 Å². The highest BCUT2D eigenvalue weighted by Gasteiger charge is 2.40. The summed E-state index contributed by atoms with van der Waals surface area (Å²) in [6, 6.07) is 4.81. The molecule has 0 N–H and O–H groups in total. The zero-order chi connectivity index (χ0) is 15.5. The van der Waals surface area contributed by atoms with Crippen LogP contribution in [0.3, 0.4) is 0 Å². The van der Waals surface area contributed by atoms with Crippen molar-refractivity contribution < 1.29 is 22.7 Å². The first kappa shape index (κ1) is 16.7. The first-order chi connectivity index (χ1) is 9.98. The molecule has 0 spiro atoms. The lowest BCUT2D eigenvalue weighted by Gasteiger charge is -2.14. The highest BCUT2D eigenvalue weighted by Crippen LogP contribution is 2.31. The van der Waals surface area contributed by atoms with Crippen LogP contribution in [-0.4, -0.2) is 52.1 Å². The van der Waals surface area contributed by atoms with E-state index in [2.05, 4.69) is 0 Å². The van der Waals surface area contributed by atoms with E-state index < -0.39 is 15.9 Å². The Hall–Kier alpha value is -0.710. The van der Waals surface area contributed by atoms with Gasteiger partial charge in [0.1, 0.15) is 4.90 Å². The van der Waals surface area contributed by atoms with Gasteiger partial charge in [-0.25, -0.2) is 12.7 Å². The van der Waals surface area contributed by atoms with Crippen LogP contribution in [0.4, 0.5) is 0 Å². The van der Waals surface area contributed by atoms with E-state index in [1.54, 1.807) is 19.2 Å². The highest BCUT2D eigenvalue weighted by atomic mass is 127. The van der Waals surface area contributed by atoms with Gasteiger partial charge < -0.3 is 9.47 Å². The molecule has 0 radical (unpaired) electrons. The van der Waals surface area contributed by atoms with Gasteiger partial charge >= 0.3 is 0 Å². The van der Waals surface area contributed by atoms with E-state index in [-0.39, 0.29) is 17.0 Å². The van der Waals surface area contributed by atoms with E-state index in [4.69, 9.17) is 9.47 Å². The Morgan fingerprint density at radius 3 is 2.71 bits per heavy atom. The standard InChI is InChI=1S/C13H16INO5S/c1-19-7-8-20-6-2-5-15-13(16)11-4-3-10(14)9-12(11)21(15,17)18/h3-4,9H,2,5-8H2,1H3. The molecule has 1 aromatic rings. The van der Waals surface area contributed by atoms with Gasteiger partial charge in [0, 0.05) is 23.8 Å². The van der Waals surface area contributed by atoms with Crippen molar-refractivity contribution in [1.82, 2.24) is 4.31 Å². The van der Waals surface area contributed by atoms with Crippen LogP contribution in [-0.2, 0) is 19.5 Å². The summed E-state index contributed by atoms with van der Waals surface area (Å²) in [7, 11) is -2.14. The third-order valence-electron chi connectivity index (χ3n) is 3.05. The largest absolute Gasteiger partial charge is 0.382 e. The zero-order valence-electron chi connectivity index (χ0n) is 11.5. The van der Waals surface area contributed by atoms with E-state index in [1.807, 2.05) is 22.6 Å². The number of ether oxygens (including phenoxy) is 2. The Morgan fingerprint density at radius 1 is 1.24 bits per heavy atom. The Labute approximate surface area is 137 Å². The molecule has 21 heavy (non-hydrogen) atoms. The minimum atomic E-state index is -3.72. The highest BCUT2D eigenvalue weighted by molar-refractivity contribution is 14.1. The molecule has 1 heterocycles. The number of methoxy groups -OCH3 is 1. The third-order valence-corrected chi connectivity index (χ3v) is 5.54. The van der Waals surface area contributed by atoms with Gasteiger partial charge in [-0.2, -0.15) is 0 Å². The Bertz CT molecular complexity index is 631. The molecule has 1 aliphatic rings. The van der Waals surface area contributed by atoms with Crippen LogP contribution >= 0.6 is 22.6 Å². The minimum absolute atomic E-state index is 0.0969. The number of carbonyl (C=O) groups excluding carboxylic acids is 1. The third kappa shape index (κ3) is 3.55. The molecule has 0 saturated heterocycles. The molecule has 6 nitrogen and oxygen atoms in total. The molecular formula is C13H16INO5S. The van der Waals surface area contributed by atoms with Crippen molar-refractivity contribution in [3.05, 3.63) is 27.3 Å². The monoisotopic (exact) mass is 425 g/mol. The first-order valence-electron chi connectivity index (χ1n) is 6.42. The summed E-state index contributed by atoms with van der Waals surface area (Å²) in [5.74, 6) is -0.460. The number of hydrogen-bond acceptors (Lipinski definition) is 5. The molecular weight excluding hydrogens is 409 g/mol. The number of sulfonamides is 1. The fraction of sp³-hybridized carbons (Fsp3) is 0.462. The van der Waals surface area contributed by atoms with Gasteiger partial charge in [0.15, 0.2) is 0 Å². The minimum Gasteiger partial charge on any atom is -0.382 e. The van der Waals surface area contributed by atoms with Crippen LogP contribution < -0.4 is 0 Å². The summed E-state index contributed by atoms with van der Waals surface area (Å²) in [5, 5.41) is 0. The molecule has 0 aromatic heterocycles. The molecule has 0 saturated carbocycles. The number of amides is 1. The van der Waals surface area contributed by atoms with E-state index in [1.165, 1.54) is 6.07 Å². The van der Waals surface area contributed by atoms with Crippen molar-refractivity contribution in [3.63, 3.8) is 0 Å². The summed E-state index contributed by atoms with van der Waals surface area (Å²) < 4.78 is 36.5. The predicted molar refractivity (Wildman–Crippen MR) is 84.7 cm³/mol. The number of benzene rings is 1. The predicted octanol–water partition coefficient (Wildman–Crippen LogP) is 1.49. The van der Waals surface area contributed by atoms with E-state index in [0.29, 0.717) is 26.2 Å². The Kier molecular flexibility index (Phi) is 5.58. The van der Waals surface area contributed by atoms with Gasteiger partial charge in [0.05, 0.1) is 18.8 Å². The van der Waals surface area contributed by atoms with Crippen molar-refractivity contribution in [2.45, 2.75) is 11.3 Å². The molecule has 0 atom stereocenters. The number of rotatable bonds is 7. The topological polar surface area (TPSA) is 72.9 Å². The summed E-state index contributed by atoms with van der Waals surface area (Å²) in [6.45, 7) is 1.45. The van der Waals surface area contributed by atoms with Crippen LogP contribution in [0.1, 0.15) is 16.8 Å². The Morgan fingerprint density at radius 2 is 2.00 bits per heavy atom. The van der Waals surface area contributed by atoms with Crippen LogP contribution in [0.2, 0.25) is 0 Å². The molecule has 0 bridgehead atoms. The molecule has 1 aromatic carbocycles. The SMILES string of the molecule is COCCOCCCN1C(=O)c2ccc(I)cc2S1(=O)=O. The molecule has 1 aliphatic heterocycles. The summed E-state index contributed by atoms with van der Waals surface area (Å²) in [5.41, 5.74) is 0.246. The normalized spacial score (nSPS) is 16.3. The maximum Gasteiger partial charge on any atom is 0.269 e. The maximum absolute atomic E-state index is 12.4. The molecule has 116 valence electrons. The zero-order valence-corrected chi connectivity index (χ0v) is 14.5. The van der Waals surface area contributed by atoms with Gasteiger partial charge in [-0.1, -0.05) is 0 Å². The number of hydrogen-bond donors (Lipinski definition) is 0. The van der Waals surface area contributed by atoms with Crippen LogP contribution in [0.15, 0.2) is 23.1 Å². The summed E-state index contributed by atoms with van der Waals surface area (Å²) in [4.78, 5) is 12.3. The van der Waals surface area contributed by atoms with Crippen molar-refractivity contribution in [2.24, 2.45) is 0 Å². The number of fused-ring (bicyclic) bond motifs is 1. The lowest BCUT2D eigenvalue weighted by molar-refractivity contribution is 0.0659. The van der Waals surface area contributed by atoms with E-state index in [0.717, 1.165) is 7.88 Å². The smallest absolute Gasteiger partial charge is 0.269 e. The molecule has 2 rings (SSSR count). The van der Waals surface area contributed by atoms with Crippen LogP contribution in [0, 0.1) is 3.57 Å². The lowest BCUT2D eigenvalue weighted by Crippen LogP contribution is -2.31. The van der Waals surface area contributed by atoms with Crippen molar-refractivity contribution in [2.75, 3.05) is 33.5 Å². The molecule has 1 amide bonds. The van der Waals surface area contributed by atoms with E-state index >= 15 is 0 Å². The van der Waals surface area contributed by atoms with Crippen molar-refractivity contribution in [1.29, 1.82) is 0 Å². The van der Waals surface area contributed by atoms with E-state index in [9.17, 15) is 13.2 Å². The molecule has 8 heteroatoms. The second kappa shape index (κ2) is 7.03.